The molecular formula is C77H150O17P2. The van der Waals surface area contributed by atoms with Gasteiger partial charge in [-0.25, -0.2) is 9.13 Å². The van der Waals surface area contributed by atoms with Crippen LogP contribution in [-0.2, 0) is 65.4 Å². The van der Waals surface area contributed by atoms with Gasteiger partial charge in [-0.15, -0.1) is 0 Å². The molecular weight excluding hydrogens is 1260 g/mol. The molecule has 0 spiro atoms. The summed E-state index contributed by atoms with van der Waals surface area (Å²) in [4.78, 5) is 72.9. The molecule has 0 radical (unpaired) electrons. The number of ether oxygens (including phenoxy) is 4. The maximum absolute atomic E-state index is 13.1. The van der Waals surface area contributed by atoms with Gasteiger partial charge in [-0.3, -0.25) is 37.3 Å². The maximum Gasteiger partial charge on any atom is 0.472 e. The van der Waals surface area contributed by atoms with Crippen LogP contribution < -0.4 is 0 Å². The standard InChI is InChI=1S/C77H150O17P2/c1-7-9-11-13-15-17-19-20-21-22-25-29-36-42-48-54-60-75(80)88-66-72(93-76(81)61-55-49-43-37-30-26-23-24-28-33-39-45-51-57-69(3)4)67-91-95(83,84)89-63-71(78)64-90-96(85,86)92-68-73(65-87-74(79)59-53-47-41-35-27-18-16-14-12-10-8-2)94-77(82)62-56-50-44-38-32-31-34-40-46-52-58-70(5)6/h69-73,78H,7-68H2,1-6H3,(H,83,84)(H,85,86)/t71-,72-,73-/m1/s1. The molecule has 0 aromatic carbocycles. The summed E-state index contributed by atoms with van der Waals surface area (Å²) in [5.41, 5.74) is 0. The molecule has 0 amide bonds. The highest BCUT2D eigenvalue weighted by atomic mass is 31.2. The van der Waals surface area contributed by atoms with Gasteiger partial charge < -0.3 is 33.8 Å². The molecule has 0 heterocycles. The first-order valence-corrected chi connectivity index (χ1v) is 43.0. The van der Waals surface area contributed by atoms with Crippen LogP contribution in [0.3, 0.4) is 0 Å². The number of esters is 4. The normalized spacial score (nSPS) is 14.0. The zero-order valence-corrected chi connectivity index (χ0v) is 64.5. The van der Waals surface area contributed by atoms with Crippen molar-refractivity contribution in [2.45, 2.75) is 419 Å². The molecule has 0 fully saturated rings. The lowest BCUT2D eigenvalue weighted by Gasteiger charge is -2.21. The van der Waals surface area contributed by atoms with E-state index in [1.165, 1.54) is 218 Å². The van der Waals surface area contributed by atoms with Crippen molar-refractivity contribution in [3.63, 3.8) is 0 Å². The van der Waals surface area contributed by atoms with Gasteiger partial charge in [-0.2, -0.15) is 0 Å². The van der Waals surface area contributed by atoms with Gasteiger partial charge >= 0.3 is 39.5 Å². The Hall–Kier alpha value is -1.94. The van der Waals surface area contributed by atoms with E-state index in [0.29, 0.717) is 25.7 Å². The number of hydrogen-bond acceptors (Lipinski definition) is 15. The smallest absolute Gasteiger partial charge is 0.462 e. The van der Waals surface area contributed by atoms with E-state index in [0.717, 1.165) is 102 Å². The van der Waals surface area contributed by atoms with Crippen molar-refractivity contribution in [3.8, 4) is 0 Å². The van der Waals surface area contributed by atoms with Crippen LogP contribution in [-0.4, -0.2) is 96.7 Å². The number of phosphoric acid groups is 2. The van der Waals surface area contributed by atoms with Gasteiger partial charge in [0.2, 0.25) is 0 Å². The Labute approximate surface area is 588 Å². The zero-order valence-electron chi connectivity index (χ0n) is 62.7. The van der Waals surface area contributed by atoms with Crippen molar-refractivity contribution >= 4 is 39.5 Å². The number of carbonyl (C=O) groups excluding carboxylic acids is 4. The van der Waals surface area contributed by atoms with Crippen molar-refractivity contribution < 1.29 is 80.2 Å². The van der Waals surface area contributed by atoms with Crippen LogP contribution in [0.1, 0.15) is 401 Å². The van der Waals surface area contributed by atoms with E-state index in [1.54, 1.807) is 0 Å². The predicted molar refractivity (Wildman–Crippen MR) is 391 cm³/mol. The van der Waals surface area contributed by atoms with Crippen LogP contribution >= 0.6 is 15.6 Å². The average Bonchev–Trinajstić information content (AvgIpc) is 1.24. The first-order chi connectivity index (χ1) is 46.4. The molecule has 570 valence electrons. The number of rotatable bonds is 76. The van der Waals surface area contributed by atoms with E-state index >= 15 is 0 Å². The van der Waals surface area contributed by atoms with Crippen LogP contribution in [0.5, 0.6) is 0 Å². The number of hydrogen-bond donors (Lipinski definition) is 3. The summed E-state index contributed by atoms with van der Waals surface area (Å²) in [6, 6.07) is 0. The molecule has 0 aliphatic carbocycles. The summed E-state index contributed by atoms with van der Waals surface area (Å²) in [6.45, 7) is 9.61. The molecule has 17 nitrogen and oxygen atoms in total. The molecule has 0 saturated heterocycles. The number of aliphatic hydroxyl groups excluding tert-OH is 1. The van der Waals surface area contributed by atoms with Gasteiger partial charge in [0.25, 0.3) is 0 Å². The molecule has 19 heteroatoms. The molecule has 0 aromatic heterocycles. The predicted octanol–water partition coefficient (Wildman–Crippen LogP) is 22.7. The van der Waals surface area contributed by atoms with Gasteiger partial charge in [-0.1, -0.05) is 350 Å². The summed E-state index contributed by atoms with van der Waals surface area (Å²) in [5, 5.41) is 10.6. The number of carbonyl (C=O) groups is 4. The van der Waals surface area contributed by atoms with E-state index in [9.17, 15) is 43.2 Å². The molecule has 3 N–H and O–H groups in total. The minimum absolute atomic E-state index is 0.106. The van der Waals surface area contributed by atoms with Gasteiger partial charge in [-0.05, 0) is 37.5 Å². The van der Waals surface area contributed by atoms with Gasteiger partial charge in [0.15, 0.2) is 12.2 Å². The monoisotopic (exact) mass is 1410 g/mol. The Morgan fingerprint density at radius 2 is 0.479 bits per heavy atom. The van der Waals surface area contributed by atoms with Gasteiger partial charge in [0, 0.05) is 25.7 Å². The molecule has 0 aromatic rings. The number of unbranched alkanes of at least 4 members (excludes halogenated alkanes) is 46. The summed E-state index contributed by atoms with van der Waals surface area (Å²) < 4.78 is 68.6. The van der Waals surface area contributed by atoms with Crippen LogP contribution in [0.25, 0.3) is 0 Å². The second kappa shape index (κ2) is 68.8. The Balaban J connectivity index is 5.26. The summed E-state index contributed by atoms with van der Waals surface area (Å²) in [6.07, 6.45) is 56.7. The SMILES string of the molecule is CCCCCCCCCCCCCCCCCCC(=O)OC[C@H](COP(=O)(O)OC[C@@H](O)COP(=O)(O)OC[C@@H](COC(=O)CCCCCCCCCCCCC)OC(=O)CCCCCCCCCCCCC(C)C)OC(=O)CCCCCCCCCCCCCCCC(C)C. The number of aliphatic hydroxyl groups is 1. The lowest BCUT2D eigenvalue weighted by Crippen LogP contribution is -2.30. The number of phosphoric ester groups is 2. The van der Waals surface area contributed by atoms with Crippen LogP contribution in [0, 0.1) is 11.8 Å². The Kier molecular flexibility index (Phi) is 67.4. The zero-order chi connectivity index (χ0) is 70.7. The van der Waals surface area contributed by atoms with Gasteiger partial charge in [0.1, 0.15) is 19.3 Å². The molecule has 0 aliphatic rings. The third kappa shape index (κ3) is 70.5. The minimum Gasteiger partial charge on any atom is -0.462 e. The first kappa shape index (κ1) is 94.1. The van der Waals surface area contributed by atoms with Crippen molar-refractivity contribution in [3.05, 3.63) is 0 Å². The lowest BCUT2D eigenvalue weighted by molar-refractivity contribution is -0.161. The summed E-state index contributed by atoms with van der Waals surface area (Å²) >= 11 is 0. The van der Waals surface area contributed by atoms with E-state index in [2.05, 4.69) is 41.5 Å². The van der Waals surface area contributed by atoms with E-state index in [1.807, 2.05) is 0 Å². The Morgan fingerprint density at radius 3 is 0.708 bits per heavy atom. The van der Waals surface area contributed by atoms with Crippen molar-refractivity contribution in [1.29, 1.82) is 0 Å². The fourth-order valence-electron chi connectivity index (χ4n) is 11.8. The lowest BCUT2D eigenvalue weighted by atomic mass is 10.0. The fraction of sp³-hybridized carbons (Fsp3) is 0.948. The van der Waals surface area contributed by atoms with E-state index in [-0.39, 0.29) is 25.7 Å². The topological polar surface area (TPSA) is 237 Å². The molecule has 5 atom stereocenters. The maximum atomic E-state index is 13.1. The van der Waals surface area contributed by atoms with E-state index < -0.39 is 97.5 Å². The summed E-state index contributed by atoms with van der Waals surface area (Å²) in [7, 11) is -9.91. The van der Waals surface area contributed by atoms with E-state index in [4.69, 9.17) is 37.0 Å². The molecule has 0 bridgehead atoms. The Morgan fingerprint density at radius 1 is 0.281 bits per heavy atom. The molecule has 0 rings (SSSR count). The second-order valence-electron chi connectivity index (χ2n) is 28.7. The van der Waals surface area contributed by atoms with Crippen molar-refractivity contribution in [1.82, 2.24) is 0 Å². The molecule has 0 saturated carbocycles. The first-order valence-electron chi connectivity index (χ1n) is 40.0. The molecule has 0 aliphatic heterocycles. The Bertz CT molecular complexity index is 1860. The minimum atomic E-state index is -4.96. The largest absolute Gasteiger partial charge is 0.472 e. The average molecular weight is 1410 g/mol. The van der Waals surface area contributed by atoms with Crippen molar-refractivity contribution in [2.75, 3.05) is 39.6 Å². The highest BCUT2D eigenvalue weighted by Gasteiger charge is 2.30. The fourth-order valence-corrected chi connectivity index (χ4v) is 13.4. The van der Waals surface area contributed by atoms with Gasteiger partial charge in [0.05, 0.1) is 26.4 Å². The van der Waals surface area contributed by atoms with Crippen molar-refractivity contribution in [2.24, 2.45) is 11.8 Å². The molecule has 96 heavy (non-hydrogen) atoms. The van der Waals surface area contributed by atoms with Crippen LogP contribution in [0.4, 0.5) is 0 Å². The highest BCUT2D eigenvalue weighted by molar-refractivity contribution is 7.47. The highest BCUT2D eigenvalue weighted by Crippen LogP contribution is 2.45. The third-order valence-electron chi connectivity index (χ3n) is 18.0. The molecule has 2 unspecified atom stereocenters. The van der Waals surface area contributed by atoms with Crippen LogP contribution in [0.15, 0.2) is 0 Å². The second-order valence-corrected chi connectivity index (χ2v) is 31.6. The quantitative estimate of drug-likeness (QED) is 0.0222. The van der Waals surface area contributed by atoms with Crippen LogP contribution in [0.2, 0.25) is 0 Å². The summed E-state index contributed by atoms with van der Waals surface area (Å²) in [5.74, 6) is -0.574. The third-order valence-corrected chi connectivity index (χ3v) is 19.9.